The minimum Gasteiger partial charge on any atom is -0.454 e. The summed E-state index contributed by atoms with van der Waals surface area (Å²) in [5.74, 6) is 1.97. The Kier molecular flexibility index (Phi) is 4.82. The summed E-state index contributed by atoms with van der Waals surface area (Å²) in [6.45, 7) is 0.865. The number of fused-ring (bicyclic) bond motifs is 1. The molecule has 7 nitrogen and oxygen atoms in total. The van der Waals surface area contributed by atoms with Crippen molar-refractivity contribution in [1.29, 1.82) is 0 Å². The minimum absolute atomic E-state index is 0.162. The lowest BCUT2D eigenvalue weighted by molar-refractivity contribution is -0.137. The summed E-state index contributed by atoms with van der Waals surface area (Å²) in [6.07, 6.45) is -4.58. The highest BCUT2D eigenvalue weighted by molar-refractivity contribution is 5.61. The van der Waals surface area contributed by atoms with Gasteiger partial charge in [0, 0.05) is 18.7 Å². The molecule has 0 unspecified atom stereocenters. The molecule has 0 aliphatic carbocycles. The molecule has 2 aliphatic heterocycles. The van der Waals surface area contributed by atoms with E-state index in [1.54, 1.807) is 18.2 Å². The van der Waals surface area contributed by atoms with E-state index in [2.05, 4.69) is 10.1 Å². The van der Waals surface area contributed by atoms with E-state index in [9.17, 15) is 18.3 Å². The smallest absolute Gasteiger partial charge is 0.416 e. The highest BCUT2D eigenvalue weighted by Crippen LogP contribution is 2.37. The number of alkyl halides is 3. The SMILES string of the molecule is O[C@@H]1C[C@@H](c2nc(-c3ccc4c(c3)OCO4)no2)N(Cc2ccc(C(F)(F)F)cc2)C1. The monoisotopic (exact) mass is 433 g/mol. The molecule has 31 heavy (non-hydrogen) atoms. The molecule has 3 heterocycles. The van der Waals surface area contributed by atoms with Gasteiger partial charge in [0.05, 0.1) is 17.7 Å². The molecule has 0 bridgehead atoms. The maximum atomic E-state index is 12.8. The van der Waals surface area contributed by atoms with E-state index in [-0.39, 0.29) is 12.8 Å². The van der Waals surface area contributed by atoms with Crippen molar-refractivity contribution in [2.45, 2.75) is 31.3 Å². The fourth-order valence-corrected chi connectivity index (χ4v) is 3.87. The Hall–Kier alpha value is -3.11. The topological polar surface area (TPSA) is 80.9 Å². The molecular formula is C21H18F3N3O4. The van der Waals surface area contributed by atoms with Crippen LogP contribution in [0.4, 0.5) is 13.2 Å². The molecule has 2 aliphatic rings. The highest BCUT2D eigenvalue weighted by Gasteiger charge is 2.36. The van der Waals surface area contributed by atoms with E-state index >= 15 is 0 Å². The molecule has 2 atom stereocenters. The molecule has 5 rings (SSSR count). The molecule has 162 valence electrons. The average molecular weight is 433 g/mol. The van der Waals surface area contributed by atoms with Gasteiger partial charge in [-0.05, 0) is 42.3 Å². The van der Waals surface area contributed by atoms with Crippen LogP contribution in [0.5, 0.6) is 11.5 Å². The summed E-state index contributed by atoms with van der Waals surface area (Å²) in [4.78, 5) is 6.41. The van der Waals surface area contributed by atoms with E-state index in [1.807, 2.05) is 4.90 Å². The zero-order chi connectivity index (χ0) is 21.6. The average Bonchev–Trinajstić information content (AvgIpc) is 3.46. The number of aliphatic hydroxyl groups excluding tert-OH is 1. The Morgan fingerprint density at radius 2 is 1.84 bits per heavy atom. The molecule has 3 aromatic rings. The largest absolute Gasteiger partial charge is 0.454 e. The number of rotatable bonds is 4. The number of halogens is 3. The van der Waals surface area contributed by atoms with Gasteiger partial charge in [-0.1, -0.05) is 17.3 Å². The zero-order valence-corrected chi connectivity index (χ0v) is 16.2. The Bertz CT molecular complexity index is 1080. The third kappa shape index (κ3) is 3.96. The molecule has 2 aromatic carbocycles. The molecular weight excluding hydrogens is 415 g/mol. The second kappa shape index (κ2) is 7.54. The van der Waals surface area contributed by atoms with Crippen LogP contribution in [-0.2, 0) is 12.7 Å². The van der Waals surface area contributed by atoms with Crippen LogP contribution in [0.2, 0.25) is 0 Å². The third-order valence-electron chi connectivity index (χ3n) is 5.41. The van der Waals surface area contributed by atoms with Gasteiger partial charge in [0.25, 0.3) is 0 Å². The number of ether oxygens (including phenoxy) is 2. The Labute approximate surface area is 175 Å². The van der Waals surface area contributed by atoms with Gasteiger partial charge in [-0.15, -0.1) is 0 Å². The first-order valence-electron chi connectivity index (χ1n) is 9.69. The van der Waals surface area contributed by atoms with Gasteiger partial charge in [-0.3, -0.25) is 4.90 Å². The molecule has 0 amide bonds. The number of aliphatic hydroxyl groups is 1. The fraction of sp³-hybridized carbons (Fsp3) is 0.333. The molecule has 1 aromatic heterocycles. The summed E-state index contributed by atoms with van der Waals surface area (Å²) in [7, 11) is 0. The number of hydrogen-bond donors (Lipinski definition) is 1. The van der Waals surface area contributed by atoms with Crippen molar-refractivity contribution >= 4 is 0 Å². The predicted octanol–water partition coefficient (Wildman–Crippen LogP) is 3.79. The van der Waals surface area contributed by atoms with Crippen molar-refractivity contribution in [3.63, 3.8) is 0 Å². The molecule has 0 spiro atoms. The molecule has 10 heteroatoms. The highest BCUT2D eigenvalue weighted by atomic mass is 19.4. The van der Waals surface area contributed by atoms with Gasteiger partial charge in [-0.25, -0.2) is 0 Å². The lowest BCUT2D eigenvalue weighted by Gasteiger charge is -2.21. The van der Waals surface area contributed by atoms with Gasteiger partial charge in [0.1, 0.15) is 0 Å². The first-order chi connectivity index (χ1) is 14.9. The van der Waals surface area contributed by atoms with E-state index in [1.165, 1.54) is 12.1 Å². The first-order valence-corrected chi connectivity index (χ1v) is 9.69. The maximum Gasteiger partial charge on any atom is 0.416 e. The van der Waals surface area contributed by atoms with Crippen molar-refractivity contribution in [3.8, 4) is 22.9 Å². The maximum absolute atomic E-state index is 12.8. The minimum atomic E-state index is -4.38. The van der Waals surface area contributed by atoms with E-state index in [0.717, 1.165) is 12.1 Å². The molecule has 1 saturated heterocycles. The number of aromatic nitrogens is 2. The Morgan fingerprint density at radius 3 is 2.61 bits per heavy atom. The third-order valence-corrected chi connectivity index (χ3v) is 5.41. The van der Waals surface area contributed by atoms with E-state index < -0.39 is 17.8 Å². The quantitative estimate of drug-likeness (QED) is 0.671. The number of likely N-dealkylation sites (tertiary alicyclic amines) is 1. The fourth-order valence-electron chi connectivity index (χ4n) is 3.87. The van der Waals surface area contributed by atoms with Gasteiger partial charge >= 0.3 is 6.18 Å². The Balaban J connectivity index is 1.34. The van der Waals surface area contributed by atoms with Crippen LogP contribution in [0.15, 0.2) is 47.0 Å². The molecule has 0 radical (unpaired) electrons. The summed E-state index contributed by atoms with van der Waals surface area (Å²) in [5.41, 5.74) is 0.703. The van der Waals surface area contributed by atoms with Crippen molar-refractivity contribution in [2.24, 2.45) is 0 Å². The Morgan fingerprint density at radius 1 is 1.06 bits per heavy atom. The van der Waals surface area contributed by atoms with Gasteiger partial charge in [-0.2, -0.15) is 18.2 Å². The van der Waals surface area contributed by atoms with Crippen LogP contribution >= 0.6 is 0 Å². The number of nitrogens with zero attached hydrogens (tertiary/aromatic N) is 3. The predicted molar refractivity (Wildman–Crippen MR) is 101 cm³/mol. The van der Waals surface area contributed by atoms with Gasteiger partial charge < -0.3 is 19.1 Å². The van der Waals surface area contributed by atoms with Crippen molar-refractivity contribution in [2.75, 3.05) is 13.3 Å². The normalized spacial score (nSPS) is 21.0. The van der Waals surface area contributed by atoms with Crippen LogP contribution in [-0.4, -0.2) is 39.6 Å². The summed E-state index contributed by atoms with van der Waals surface area (Å²) in [5, 5.41) is 14.2. The van der Waals surface area contributed by atoms with Crippen LogP contribution in [0.25, 0.3) is 11.4 Å². The van der Waals surface area contributed by atoms with Gasteiger partial charge in [0.2, 0.25) is 18.5 Å². The lowest BCUT2D eigenvalue weighted by atomic mass is 10.1. The molecule has 1 N–H and O–H groups in total. The summed E-state index contributed by atoms with van der Waals surface area (Å²) in [6, 6.07) is 9.98. The summed E-state index contributed by atoms with van der Waals surface area (Å²) >= 11 is 0. The second-order valence-corrected chi connectivity index (χ2v) is 7.55. The van der Waals surface area contributed by atoms with Crippen molar-refractivity contribution in [3.05, 3.63) is 59.5 Å². The van der Waals surface area contributed by atoms with Crippen molar-refractivity contribution < 1.29 is 32.3 Å². The van der Waals surface area contributed by atoms with Crippen molar-refractivity contribution in [1.82, 2.24) is 15.0 Å². The number of β-amino-alcohol motifs (C(OH)–C–C–N with tert-alkyl or cyclic N) is 1. The van der Waals surface area contributed by atoms with E-state index in [4.69, 9.17) is 14.0 Å². The van der Waals surface area contributed by atoms with Gasteiger partial charge in [0.15, 0.2) is 11.5 Å². The van der Waals surface area contributed by atoms with E-state index in [0.29, 0.717) is 53.9 Å². The van der Waals surface area contributed by atoms with Crippen LogP contribution in [0, 0.1) is 0 Å². The van der Waals surface area contributed by atoms with Crippen LogP contribution in [0.3, 0.4) is 0 Å². The molecule has 0 saturated carbocycles. The molecule has 1 fully saturated rings. The van der Waals surface area contributed by atoms with Crippen LogP contribution in [0.1, 0.15) is 29.5 Å². The zero-order valence-electron chi connectivity index (χ0n) is 16.2. The number of hydrogen-bond acceptors (Lipinski definition) is 7. The first kappa shape index (κ1) is 19.8. The summed E-state index contributed by atoms with van der Waals surface area (Å²) < 4.78 is 54.5. The standard InChI is InChI=1S/C21H18F3N3O4/c22-21(23,24)14-4-1-12(2-5-14)9-27-10-15(28)8-16(27)20-25-19(26-31-20)13-3-6-17-18(7-13)30-11-29-17/h1-7,15-16,28H,8-11H2/t15-,16+/m1/s1. The second-order valence-electron chi connectivity index (χ2n) is 7.55. The van der Waals surface area contributed by atoms with Crippen LogP contribution < -0.4 is 9.47 Å². The number of benzene rings is 2. The lowest BCUT2D eigenvalue weighted by Crippen LogP contribution is -2.24.